The summed E-state index contributed by atoms with van der Waals surface area (Å²) in [5.41, 5.74) is 0.476. The van der Waals surface area contributed by atoms with E-state index in [2.05, 4.69) is 34.4 Å². The van der Waals surface area contributed by atoms with Gasteiger partial charge >= 0.3 is 0 Å². The van der Waals surface area contributed by atoms with Crippen molar-refractivity contribution >= 4 is 23.4 Å². The normalized spacial score (nSPS) is 19.6. The maximum atomic E-state index is 6.11. The van der Waals surface area contributed by atoms with Crippen molar-refractivity contribution in [1.82, 2.24) is 9.97 Å². The molecule has 0 aliphatic heterocycles. The number of hydrogen-bond donors (Lipinski definition) is 2. The minimum Gasteiger partial charge on any atom is -0.366 e. The molecule has 0 saturated heterocycles. The number of anilines is 2. The number of rotatable bonds is 3. The van der Waals surface area contributed by atoms with Gasteiger partial charge in [0.25, 0.3) is 0 Å². The first kappa shape index (κ1) is 13.4. The van der Waals surface area contributed by atoms with Gasteiger partial charge in [0.1, 0.15) is 5.02 Å². The molecule has 1 aliphatic carbocycles. The first-order chi connectivity index (χ1) is 8.50. The number of nitrogens with zero attached hydrogens (tertiary/aromatic N) is 2. The van der Waals surface area contributed by atoms with Crippen molar-refractivity contribution in [2.45, 2.75) is 45.6 Å². The van der Waals surface area contributed by atoms with Crippen LogP contribution < -0.4 is 10.6 Å². The highest BCUT2D eigenvalue weighted by Crippen LogP contribution is 2.36. The third kappa shape index (κ3) is 3.25. The highest BCUT2D eigenvalue weighted by atomic mass is 35.5. The van der Waals surface area contributed by atoms with Gasteiger partial charge in [-0.25, -0.2) is 4.98 Å². The van der Waals surface area contributed by atoms with E-state index in [1.165, 1.54) is 25.7 Å². The van der Waals surface area contributed by atoms with Crippen molar-refractivity contribution in [3.8, 4) is 0 Å². The van der Waals surface area contributed by atoms with Gasteiger partial charge in [-0.05, 0) is 31.1 Å². The summed E-state index contributed by atoms with van der Waals surface area (Å²) in [5, 5.41) is 6.94. The van der Waals surface area contributed by atoms with Gasteiger partial charge in [0.05, 0.1) is 6.20 Å². The number of halogens is 1. The third-order valence-electron chi connectivity index (χ3n) is 3.65. The minimum atomic E-state index is 0.468. The molecule has 0 atom stereocenters. The first-order valence-electron chi connectivity index (χ1n) is 6.47. The lowest BCUT2D eigenvalue weighted by atomic mass is 9.75. The average Bonchev–Trinajstić information content (AvgIpc) is 2.34. The smallest absolute Gasteiger partial charge is 0.224 e. The van der Waals surface area contributed by atoms with Crippen LogP contribution in [0, 0.1) is 5.41 Å². The van der Waals surface area contributed by atoms with Crippen LogP contribution in [0.4, 0.5) is 11.8 Å². The molecule has 1 aliphatic rings. The number of hydrogen-bond acceptors (Lipinski definition) is 4. The van der Waals surface area contributed by atoms with E-state index < -0.39 is 0 Å². The molecule has 1 fully saturated rings. The Balaban J connectivity index is 2.01. The van der Waals surface area contributed by atoms with Gasteiger partial charge in [0, 0.05) is 13.1 Å². The van der Waals surface area contributed by atoms with E-state index in [0.717, 1.165) is 5.82 Å². The topological polar surface area (TPSA) is 49.8 Å². The van der Waals surface area contributed by atoms with Crippen LogP contribution in [0.15, 0.2) is 6.20 Å². The molecular formula is C13H21ClN4. The molecule has 4 nitrogen and oxygen atoms in total. The second-order valence-electron chi connectivity index (χ2n) is 5.72. The molecule has 18 heavy (non-hydrogen) atoms. The van der Waals surface area contributed by atoms with Gasteiger partial charge in [-0.15, -0.1) is 0 Å². The van der Waals surface area contributed by atoms with Crippen LogP contribution in [0.2, 0.25) is 5.02 Å². The fourth-order valence-electron chi connectivity index (χ4n) is 2.33. The van der Waals surface area contributed by atoms with Crippen LogP contribution in [0.3, 0.4) is 0 Å². The SMILES string of the molecule is CNc1ncc(Cl)c(NC2CCC(C)(C)CC2)n1. The second kappa shape index (κ2) is 5.31. The Morgan fingerprint density at radius 2 is 2.00 bits per heavy atom. The Morgan fingerprint density at radius 3 is 2.61 bits per heavy atom. The van der Waals surface area contributed by atoms with Gasteiger partial charge in [-0.3, -0.25) is 0 Å². The average molecular weight is 269 g/mol. The maximum absolute atomic E-state index is 6.11. The molecule has 0 aromatic carbocycles. The Morgan fingerprint density at radius 1 is 1.33 bits per heavy atom. The highest BCUT2D eigenvalue weighted by Gasteiger charge is 2.27. The van der Waals surface area contributed by atoms with Crippen molar-refractivity contribution in [1.29, 1.82) is 0 Å². The van der Waals surface area contributed by atoms with Crippen molar-refractivity contribution in [2.75, 3.05) is 17.7 Å². The maximum Gasteiger partial charge on any atom is 0.224 e. The zero-order chi connectivity index (χ0) is 13.2. The molecule has 2 rings (SSSR count). The molecule has 0 unspecified atom stereocenters. The molecule has 0 spiro atoms. The predicted octanol–water partition coefficient (Wildman–Crippen LogP) is 3.55. The molecule has 5 heteroatoms. The Bertz CT molecular complexity index is 409. The van der Waals surface area contributed by atoms with Crippen molar-refractivity contribution in [3.05, 3.63) is 11.2 Å². The second-order valence-corrected chi connectivity index (χ2v) is 6.13. The fourth-order valence-corrected chi connectivity index (χ4v) is 2.47. The van der Waals surface area contributed by atoms with Crippen molar-refractivity contribution in [2.24, 2.45) is 5.41 Å². The van der Waals surface area contributed by atoms with E-state index in [9.17, 15) is 0 Å². The zero-order valence-electron chi connectivity index (χ0n) is 11.3. The lowest BCUT2D eigenvalue weighted by Crippen LogP contribution is -2.30. The summed E-state index contributed by atoms with van der Waals surface area (Å²) >= 11 is 6.11. The van der Waals surface area contributed by atoms with E-state index in [1.807, 2.05) is 0 Å². The molecule has 0 amide bonds. The van der Waals surface area contributed by atoms with Crippen LogP contribution in [-0.4, -0.2) is 23.1 Å². The van der Waals surface area contributed by atoms with E-state index >= 15 is 0 Å². The fraction of sp³-hybridized carbons (Fsp3) is 0.692. The number of aromatic nitrogens is 2. The van der Waals surface area contributed by atoms with Gasteiger partial charge in [-0.2, -0.15) is 4.98 Å². The van der Waals surface area contributed by atoms with Crippen LogP contribution in [0.25, 0.3) is 0 Å². The summed E-state index contributed by atoms with van der Waals surface area (Å²) in [4.78, 5) is 8.44. The van der Waals surface area contributed by atoms with Crippen LogP contribution in [0.5, 0.6) is 0 Å². The van der Waals surface area contributed by atoms with E-state index in [4.69, 9.17) is 11.6 Å². The molecule has 0 bridgehead atoms. The number of nitrogens with one attached hydrogen (secondary N) is 2. The highest BCUT2D eigenvalue weighted by molar-refractivity contribution is 6.32. The minimum absolute atomic E-state index is 0.468. The molecule has 1 aromatic rings. The Kier molecular flexibility index (Phi) is 3.95. The molecular weight excluding hydrogens is 248 g/mol. The van der Waals surface area contributed by atoms with Gasteiger partial charge in [0.2, 0.25) is 5.95 Å². The summed E-state index contributed by atoms with van der Waals surface area (Å²) < 4.78 is 0. The zero-order valence-corrected chi connectivity index (χ0v) is 12.0. The molecule has 100 valence electrons. The van der Waals surface area contributed by atoms with Crippen molar-refractivity contribution in [3.63, 3.8) is 0 Å². The molecule has 2 N–H and O–H groups in total. The summed E-state index contributed by atoms with van der Waals surface area (Å²) in [5.74, 6) is 1.33. The monoisotopic (exact) mass is 268 g/mol. The van der Waals surface area contributed by atoms with E-state index in [-0.39, 0.29) is 0 Å². The third-order valence-corrected chi connectivity index (χ3v) is 3.92. The molecule has 1 heterocycles. The van der Waals surface area contributed by atoms with Gasteiger partial charge in [0.15, 0.2) is 5.82 Å². The van der Waals surface area contributed by atoms with Gasteiger partial charge in [-0.1, -0.05) is 25.4 Å². The largest absolute Gasteiger partial charge is 0.366 e. The molecule has 1 saturated carbocycles. The quantitative estimate of drug-likeness (QED) is 0.880. The first-order valence-corrected chi connectivity index (χ1v) is 6.85. The van der Waals surface area contributed by atoms with Crippen LogP contribution >= 0.6 is 11.6 Å². The van der Waals surface area contributed by atoms with Gasteiger partial charge < -0.3 is 10.6 Å². The van der Waals surface area contributed by atoms with Crippen LogP contribution in [0.1, 0.15) is 39.5 Å². The van der Waals surface area contributed by atoms with Crippen molar-refractivity contribution < 1.29 is 0 Å². The standard InChI is InChI=1S/C13H21ClN4/c1-13(2)6-4-9(5-7-13)17-11-10(14)8-16-12(15-3)18-11/h8-9H,4-7H2,1-3H3,(H2,15,16,17,18). The van der Waals surface area contributed by atoms with E-state index in [1.54, 1.807) is 13.2 Å². The Labute approximate surface area is 114 Å². The van der Waals surface area contributed by atoms with Crippen LogP contribution in [-0.2, 0) is 0 Å². The summed E-state index contributed by atoms with van der Waals surface area (Å²) in [6.07, 6.45) is 6.46. The summed E-state index contributed by atoms with van der Waals surface area (Å²) in [6, 6.07) is 0.468. The lowest BCUT2D eigenvalue weighted by molar-refractivity contribution is 0.232. The molecule has 0 radical (unpaired) electrons. The summed E-state index contributed by atoms with van der Waals surface area (Å²) in [7, 11) is 1.80. The summed E-state index contributed by atoms with van der Waals surface area (Å²) in [6.45, 7) is 4.67. The Hall–Kier alpha value is -1.03. The molecule has 1 aromatic heterocycles. The predicted molar refractivity (Wildman–Crippen MR) is 76.2 cm³/mol. The lowest BCUT2D eigenvalue weighted by Gasteiger charge is -2.34. The van der Waals surface area contributed by atoms with E-state index in [0.29, 0.717) is 22.4 Å².